The van der Waals surface area contributed by atoms with Gasteiger partial charge in [0.15, 0.2) is 5.65 Å². The van der Waals surface area contributed by atoms with E-state index in [4.69, 9.17) is 32.0 Å². The van der Waals surface area contributed by atoms with Gasteiger partial charge < -0.3 is 20.9 Å². The fraction of sp³-hybridized carbons (Fsp3) is 0.263. The summed E-state index contributed by atoms with van der Waals surface area (Å²) in [6, 6.07) is 6.72. The van der Waals surface area contributed by atoms with Gasteiger partial charge in [0.2, 0.25) is 0 Å². The number of halogens is 1. The highest BCUT2D eigenvalue weighted by atomic mass is 35.5. The zero-order valence-electron chi connectivity index (χ0n) is 15.8. The van der Waals surface area contributed by atoms with E-state index in [0.717, 1.165) is 12.5 Å². The number of hydrogen-bond donors (Lipinski definition) is 3. The molecule has 1 amide bonds. The van der Waals surface area contributed by atoms with Crippen LogP contribution in [0.3, 0.4) is 0 Å². The number of nitrogens with one attached hydrogen (secondary N) is 1. The summed E-state index contributed by atoms with van der Waals surface area (Å²) in [6.07, 6.45) is 5.87. The molecule has 0 spiro atoms. The predicted octanol–water partition coefficient (Wildman–Crippen LogP) is 2.13. The molecular weight excluding hydrogens is 398 g/mol. The first-order valence-electron chi connectivity index (χ1n) is 8.79. The highest BCUT2D eigenvalue weighted by molar-refractivity contribution is 6.30. The SMILES string of the molecule is CC(=O)O.NCCCOc1cc(Cl)ccc1C(=O)NCc1cnn2cccnc12. The van der Waals surface area contributed by atoms with E-state index in [9.17, 15) is 4.79 Å². The van der Waals surface area contributed by atoms with Gasteiger partial charge in [0, 0.05) is 36.4 Å². The molecule has 0 fully saturated rings. The van der Waals surface area contributed by atoms with Crippen molar-refractivity contribution < 1.29 is 19.4 Å². The number of aliphatic carboxylic acids is 1. The molecule has 3 rings (SSSR count). The minimum Gasteiger partial charge on any atom is -0.493 e. The van der Waals surface area contributed by atoms with Crippen molar-refractivity contribution in [2.45, 2.75) is 19.9 Å². The number of hydrogen-bond acceptors (Lipinski definition) is 6. The summed E-state index contributed by atoms with van der Waals surface area (Å²) < 4.78 is 7.29. The first-order chi connectivity index (χ1) is 13.9. The monoisotopic (exact) mass is 419 g/mol. The van der Waals surface area contributed by atoms with Gasteiger partial charge in [-0.1, -0.05) is 11.6 Å². The van der Waals surface area contributed by atoms with E-state index < -0.39 is 5.97 Å². The van der Waals surface area contributed by atoms with Gasteiger partial charge in [-0.25, -0.2) is 9.50 Å². The maximum absolute atomic E-state index is 12.5. The van der Waals surface area contributed by atoms with E-state index in [1.54, 1.807) is 47.4 Å². The fourth-order valence-electron chi connectivity index (χ4n) is 2.34. The number of carboxylic acid groups (broad SMARTS) is 1. The minimum atomic E-state index is -0.833. The number of amides is 1. The molecule has 0 saturated carbocycles. The zero-order valence-corrected chi connectivity index (χ0v) is 16.6. The van der Waals surface area contributed by atoms with Gasteiger partial charge >= 0.3 is 0 Å². The van der Waals surface area contributed by atoms with Gasteiger partial charge in [-0.15, -0.1) is 0 Å². The van der Waals surface area contributed by atoms with Crippen LogP contribution in [0, 0.1) is 0 Å². The topological polar surface area (TPSA) is 132 Å². The van der Waals surface area contributed by atoms with Crippen LogP contribution >= 0.6 is 11.6 Å². The molecule has 0 bridgehead atoms. The molecule has 0 atom stereocenters. The van der Waals surface area contributed by atoms with Crippen molar-refractivity contribution in [3.63, 3.8) is 0 Å². The molecule has 0 unspecified atom stereocenters. The molecular formula is C19H22ClN5O4. The Morgan fingerprint density at radius 1 is 1.38 bits per heavy atom. The summed E-state index contributed by atoms with van der Waals surface area (Å²) in [5, 5.41) is 15.0. The molecule has 154 valence electrons. The van der Waals surface area contributed by atoms with E-state index >= 15 is 0 Å². The molecule has 0 radical (unpaired) electrons. The Hall–Kier alpha value is -3.17. The smallest absolute Gasteiger partial charge is 0.300 e. The van der Waals surface area contributed by atoms with Crippen molar-refractivity contribution >= 4 is 29.1 Å². The molecule has 9 nitrogen and oxygen atoms in total. The number of nitrogens with two attached hydrogens (primary N) is 1. The molecule has 0 aliphatic rings. The summed E-state index contributed by atoms with van der Waals surface area (Å²) >= 11 is 6.00. The predicted molar refractivity (Wildman–Crippen MR) is 108 cm³/mol. The van der Waals surface area contributed by atoms with E-state index in [2.05, 4.69) is 15.4 Å². The Morgan fingerprint density at radius 3 is 2.86 bits per heavy atom. The summed E-state index contributed by atoms with van der Waals surface area (Å²) in [6.45, 7) is 2.34. The number of rotatable bonds is 7. The van der Waals surface area contributed by atoms with Gasteiger partial charge in [-0.05, 0) is 37.2 Å². The summed E-state index contributed by atoms with van der Waals surface area (Å²) in [5.41, 5.74) is 7.42. The molecule has 1 aromatic carbocycles. The first-order valence-corrected chi connectivity index (χ1v) is 9.17. The van der Waals surface area contributed by atoms with Crippen molar-refractivity contribution in [2.75, 3.05) is 13.2 Å². The average Bonchev–Trinajstić information content (AvgIpc) is 3.09. The normalized spacial score (nSPS) is 10.2. The zero-order chi connectivity index (χ0) is 21.2. The standard InChI is InChI=1S/C17H18ClN5O2.C2H4O2/c18-13-3-4-14(15(9-13)25-8-1-5-19)17(24)21-10-12-11-22-23-7-2-6-20-16(12)23;1-2(3)4/h2-4,6-7,9,11H,1,5,8,10,19H2,(H,21,24);1H3,(H,3,4). The third kappa shape index (κ3) is 6.74. The van der Waals surface area contributed by atoms with Crippen LogP contribution in [-0.2, 0) is 11.3 Å². The van der Waals surface area contributed by atoms with Gasteiger partial charge in [-0.2, -0.15) is 5.10 Å². The summed E-state index contributed by atoms with van der Waals surface area (Å²) in [5.74, 6) is -0.647. The van der Waals surface area contributed by atoms with Crippen LogP contribution in [0.25, 0.3) is 5.65 Å². The molecule has 3 aromatic rings. The second-order valence-electron chi connectivity index (χ2n) is 5.89. The van der Waals surface area contributed by atoms with Gasteiger partial charge in [0.25, 0.3) is 11.9 Å². The van der Waals surface area contributed by atoms with E-state index in [1.165, 1.54) is 0 Å². The second-order valence-corrected chi connectivity index (χ2v) is 6.33. The lowest BCUT2D eigenvalue weighted by molar-refractivity contribution is -0.134. The lowest BCUT2D eigenvalue weighted by Crippen LogP contribution is -2.23. The Balaban J connectivity index is 0.000000687. The van der Waals surface area contributed by atoms with Crippen LogP contribution in [-0.4, -0.2) is 44.7 Å². The van der Waals surface area contributed by atoms with Crippen molar-refractivity contribution in [1.82, 2.24) is 19.9 Å². The number of carbonyl (C=O) groups is 2. The third-order valence-electron chi connectivity index (χ3n) is 3.59. The molecule has 4 N–H and O–H groups in total. The number of ether oxygens (including phenoxy) is 1. The van der Waals surface area contributed by atoms with Crippen molar-refractivity contribution in [3.05, 3.63) is 59.0 Å². The van der Waals surface area contributed by atoms with Crippen LogP contribution in [0.2, 0.25) is 5.02 Å². The number of carboxylic acids is 1. The van der Waals surface area contributed by atoms with Gasteiger partial charge in [0.1, 0.15) is 5.75 Å². The Labute approximate surface area is 172 Å². The Morgan fingerprint density at radius 2 is 2.14 bits per heavy atom. The third-order valence-corrected chi connectivity index (χ3v) is 3.82. The van der Waals surface area contributed by atoms with Gasteiger partial charge in [0.05, 0.1) is 18.4 Å². The van der Waals surface area contributed by atoms with Gasteiger partial charge in [-0.3, -0.25) is 9.59 Å². The van der Waals surface area contributed by atoms with Crippen LogP contribution < -0.4 is 15.8 Å². The maximum Gasteiger partial charge on any atom is 0.300 e. The number of carbonyl (C=O) groups excluding carboxylic acids is 1. The highest BCUT2D eigenvalue weighted by Crippen LogP contribution is 2.24. The molecule has 0 aliphatic carbocycles. The molecule has 0 aliphatic heterocycles. The van der Waals surface area contributed by atoms with E-state index in [1.807, 2.05) is 0 Å². The van der Waals surface area contributed by atoms with E-state index in [-0.39, 0.29) is 5.91 Å². The minimum absolute atomic E-state index is 0.255. The average molecular weight is 420 g/mol. The number of fused-ring (bicyclic) bond motifs is 1. The first kappa shape index (κ1) is 22.1. The lowest BCUT2D eigenvalue weighted by Gasteiger charge is -2.12. The lowest BCUT2D eigenvalue weighted by atomic mass is 10.2. The number of aromatic nitrogens is 3. The Bertz CT molecular complexity index is 972. The van der Waals surface area contributed by atoms with Crippen molar-refractivity contribution in [2.24, 2.45) is 5.73 Å². The summed E-state index contributed by atoms with van der Waals surface area (Å²) in [4.78, 5) is 25.8. The van der Waals surface area contributed by atoms with Crippen LogP contribution in [0.4, 0.5) is 0 Å². The largest absolute Gasteiger partial charge is 0.493 e. The molecule has 2 heterocycles. The fourth-order valence-corrected chi connectivity index (χ4v) is 2.50. The van der Waals surface area contributed by atoms with Crippen LogP contribution in [0.5, 0.6) is 5.75 Å². The molecule has 0 saturated heterocycles. The summed E-state index contributed by atoms with van der Waals surface area (Å²) in [7, 11) is 0. The molecule has 2 aromatic heterocycles. The van der Waals surface area contributed by atoms with Crippen LogP contribution in [0.1, 0.15) is 29.3 Å². The Kier molecular flexibility index (Phi) is 8.38. The molecule has 29 heavy (non-hydrogen) atoms. The highest BCUT2D eigenvalue weighted by Gasteiger charge is 2.14. The maximum atomic E-state index is 12.5. The second kappa shape index (κ2) is 11.0. The number of benzene rings is 1. The van der Waals surface area contributed by atoms with Crippen molar-refractivity contribution in [3.8, 4) is 5.75 Å². The van der Waals surface area contributed by atoms with E-state index in [0.29, 0.717) is 48.1 Å². The quantitative estimate of drug-likeness (QED) is 0.499. The number of nitrogens with zero attached hydrogens (tertiary/aromatic N) is 3. The van der Waals surface area contributed by atoms with Crippen molar-refractivity contribution in [1.29, 1.82) is 0 Å². The van der Waals surface area contributed by atoms with Crippen LogP contribution in [0.15, 0.2) is 42.9 Å². The molecule has 10 heteroatoms.